The molecule has 2 heteroatoms. The van der Waals surface area contributed by atoms with Gasteiger partial charge in [-0.25, -0.2) is 0 Å². The van der Waals surface area contributed by atoms with Crippen LogP contribution in [0, 0.1) is 0 Å². The number of rotatable bonds is 2. The van der Waals surface area contributed by atoms with Crippen LogP contribution in [-0.4, -0.2) is 4.98 Å². The molecule has 0 bridgehead atoms. The molecule has 0 aliphatic heterocycles. The highest BCUT2D eigenvalue weighted by Gasteiger charge is 1.94. The fourth-order valence-electron chi connectivity index (χ4n) is 1.11. The summed E-state index contributed by atoms with van der Waals surface area (Å²) in [6.07, 6.45) is 4.70. The lowest BCUT2D eigenvalue weighted by Gasteiger charge is -1.95. The molecule has 0 unspecified atom stereocenters. The smallest absolute Gasteiger partial charge is 0.0270 e. The Hall–Kier alpha value is -1.15. The Morgan fingerprint density at radius 3 is 2.67 bits per heavy atom. The van der Waals surface area contributed by atoms with Crippen LogP contribution < -0.4 is 0 Å². The molecule has 1 nitrogen and oxygen atoms in total. The van der Waals surface area contributed by atoms with Gasteiger partial charge in [0.25, 0.3) is 0 Å². The maximum absolute atomic E-state index is 3.98. The van der Waals surface area contributed by atoms with Gasteiger partial charge >= 0.3 is 0 Å². The molecule has 2 aromatic rings. The summed E-state index contributed by atoms with van der Waals surface area (Å²) >= 11 is 1.80. The number of pyridine rings is 1. The highest BCUT2D eigenvalue weighted by atomic mass is 32.1. The van der Waals surface area contributed by atoms with E-state index in [1.54, 1.807) is 11.3 Å². The van der Waals surface area contributed by atoms with Crippen molar-refractivity contribution >= 4 is 11.3 Å². The zero-order valence-electron chi connectivity index (χ0n) is 6.60. The molecule has 2 aromatic heterocycles. The normalized spacial score (nSPS) is 10.0. The molecule has 0 saturated carbocycles. The minimum atomic E-state index is 1.03. The van der Waals surface area contributed by atoms with Crippen LogP contribution >= 0.6 is 11.3 Å². The van der Waals surface area contributed by atoms with Crippen LogP contribution in [-0.2, 0) is 6.42 Å². The molecule has 0 aromatic carbocycles. The lowest BCUT2D eigenvalue weighted by molar-refractivity contribution is 1.19. The van der Waals surface area contributed by atoms with E-state index in [0.717, 1.165) is 6.42 Å². The van der Waals surface area contributed by atoms with Crippen molar-refractivity contribution in [1.29, 1.82) is 0 Å². The van der Waals surface area contributed by atoms with Crippen molar-refractivity contribution in [3.63, 3.8) is 0 Å². The topological polar surface area (TPSA) is 12.9 Å². The minimum Gasteiger partial charge on any atom is -0.265 e. The van der Waals surface area contributed by atoms with Crippen LogP contribution in [0.5, 0.6) is 0 Å². The molecule has 0 amide bonds. The van der Waals surface area contributed by atoms with Crippen molar-refractivity contribution in [1.82, 2.24) is 4.98 Å². The molecule has 0 atom stereocenters. The van der Waals surface area contributed by atoms with Gasteiger partial charge in [-0.3, -0.25) is 4.98 Å². The Labute approximate surface area is 75.7 Å². The van der Waals surface area contributed by atoms with Crippen LogP contribution in [0.4, 0.5) is 0 Å². The van der Waals surface area contributed by atoms with Gasteiger partial charge in [0, 0.05) is 23.7 Å². The number of hydrogen-bond acceptors (Lipinski definition) is 2. The largest absolute Gasteiger partial charge is 0.265 e. The van der Waals surface area contributed by atoms with E-state index in [-0.39, 0.29) is 0 Å². The third kappa shape index (κ3) is 1.71. The predicted molar refractivity (Wildman–Crippen MR) is 51.4 cm³/mol. The minimum absolute atomic E-state index is 1.03. The summed E-state index contributed by atoms with van der Waals surface area (Å²) < 4.78 is 0. The Kier molecular flexibility index (Phi) is 2.19. The van der Waals surface area contributed by atoms with E-state index in [4.69, 9.17) is 0 Å². The van der Waals surface area contributed by atoms with Gasteiger partial charge in [-0.1, -0.05) is 6.07 Å². The Morgan fingerprint density at radius 1 is 1.17 bits per heavy atom. The first-order chi connectivity index (χ1) is 5.95. The van der Waals surface area contributed by atoms with Crippen LogP contribution in [0.15, 0.2) is 42.0 Å². The highest BCUT2D eigenvalue weighted by molar-refractivity contribution is 7.09. The second kappa shape index (κ2) is 3.50. The van der Waals surface area contributed by atoms with Gasteiger partial charge in [-0.15, -0.1) is 11.3 Å². The van der Waals surface area contributed by atoms with E-state index < -0.39 is 0 Å². The van der Waals surface area contributed by atoms with E-state index in [1.807, 2.05) is 12.4 Å². The molecule has 0 aliphatic carbocycles. The van der Waals surface area contributed by atoms with Crippen LogP contribution in [0.3, 0.4) is 0 Å². The molecular formula is C10H9NS. The number of hydrogen-bond donors (Lipinski definition) is 0. The van der Waals surface area contributed by atoms with Crippen molar-refractivity contribution in [2.75, 3.05) is 0 Å². The Morgan fingerprint density at radius 2 is 2.00 bits per heavy atom. The average molecular weight is 175 g/mol. The second-order valence-corrected chi connectivity index (χ2v) is 3.64. The van der Waals surface area contributed by atoms with Crippen LogP contribution in [0.2, 0.25) is 0 Å². The standard InChI is InChI=1S/C10H9NS/c1-2-10(12-7-1)8-9-3-5-11-6-4-9/h1-7H,8H2. The summed E-state index contributed by atoms with van der Waals surface area (Å²) in [5.41, 5.74) is 1.33. The van der Waals surface area contributed by atoms with Crippen LogP contribution in [0.1, 0.15) is 10.4 Å². The molecule has 0 radical (unpaired) electrons. The van der Waals surface area contributed by atoms with Crippen LogP contribution in [0.25, 0.3) is 0 Å². The lowest BCUT2D eigenvalue weighted by Crippen LogP contribution is -1.83. The van der Waals surface area contributed by atoms with Gasteiger partial charge in [0.15, 0.2) is 0 Å². The van der Waals surface area contributed by atoms with Crippen molar-refractivity contribution in [2.24, 2.45) is 0 Å². The number of aromatic nitrogens is 1. The lowest BCUT2D eigenvalue weighted by atomic mass is 10.2. The predicted octanol–water partition coefficient (Wildman–Crippen LogP) is 2.73. The van der Waals surface area contributed by atoms with Gasteiger partial charge in [-0.2, -0.15) is 0 Å². The number of thiophene rings is 1. The molecule has 2 rings (SSSR count). The number of nitrogens with zero attached hydrogens (tertiary/aromatic N) is 1. The zero-order chi connectivity index (χ0) is 8.23. The summed E-state index contributed by atoms with van der Waals surface area (Å²) in [6.45, 7) is 0. The molecule has 0 fully saturated rings. The summed E-state index contributed by atoms with van der Waals surface area (Å²) in [7, 11) is 0. The maximum Gasteiger partial charge on any atom is 0.0270 e. The molecule has 0 N–H and O–H groups in total. The maximum atomic E-state index is 3.98. The van der Waals surface area contributed by atoms with E-state index in [9.17, 15) is 0 Å². The summed E-state index contributed by atoms with van der Waals surface area (Å²) in [6, 6.07) is 8.35. The molecular weight excluding hydrogens is 166 g/mol. The summed E-state index contributed by atoms with van der Waals surface area (Å²) in [4.78, 5) is 5.38. The van der Waals surface area contributed by atoms with E-state index >= 15 is 0 Å². The van der Waals surface area contributed by atoms with Gasteiger partial charge in [0.2, 0.25) is 0 Å². The van der Waals surface area contributed by atoms with Crippen molar-refractivity contribution in [2.45, 2.75) is 6.42 Å². The molecule has 2 heterocycles. The first kappa shape index (κ1) is 7.50. The third-order valence-electron chi connectivity index (χ3n) is 1.71. The zero-order valence-corrected chi connectivity index (χ0v) is 7.42. The summed E-state index contributed by atoms with van der Waals surface area (Å²) in [5.74, 6) is 0. The fraction of sp³-hybridized carbons (Fsp3) is 0.100. The van der Waals surface area contributed by atoms with E-state index in [2.05, 4.69) is 34.6 Å². The Balaban J connectivity index is 2.15. The first-order valence-electron chi connectivity index (χ1n) is 3.86. The van der Waals surface area contributed by atoms with Crippen molar-refractivity contribution in [3.8, 4) is 0 Å². The molecule has 12 heavy (non-hydrogen) atoms. The van der Waals surface area contributed by atoms with Crippen molar-refractivity contribution < 1.29 is 0 Å². The molecule has 0 spiro atoms. The summed E-state index contributed by atoms with van der Waals surface area (Å²) in [5, 5.41) is 2.11. The van der Waals surface area contributed by atoms with Gasteiger partial charge in [0.05, 0.1) is 0 Å². The molecule has 0 saturated heterocycles. The second-order valence-electron chi connectivity index (χ2n) is 2.61. The van der Waals surface area contributed by atoms with E-state index in [1.165, 1.54) is 10.4 Å². The van der Waals surface area contributed by atoms with Gasteiger partial charge in [-0.05, 0) is 29.1 Å². The quantitative estimate of drug-likeness (QED) is 0.684. The van der Waals surface area contributed by atoms with Gasteiger partial charge < -0.3 is 0 Å². The van der Waals surface area contributed by atoms with Gasteiger partial charge in [0.1, 0.15) is 0 Å². The Bertz CT molecular complexity index is 326. The van der Waals surface area contributed by atoms with Crippen molar-refractivity contribution in [3.05, 3.63) is 52.5 Å². The third-order valence-corrected chi connectivity index (χ3v) is 2.58. The molecule has 60 valence electrons. The van der Waals surface area contributed by atoms with E-state index in [0.29, 0.717) is 0 Å². The molecule has 0 aliphatic rings. The first-order valence-corrected chi connectivity index (χ1v) is 4.74. The average Bonchev–Trinajstić information content (AvgIpc) is 2.59. The monoisotopic (exact) mass is 175 g/mol. The SMILES string of the molecule is c1csc(Cc2ccncc2)c1. The highest BCUT2D eigenvalue weighted by Crippen LogP contribution is 2.13. The fourth-order valence-corrected chi connectivity index (χ4v) is 1.85.